The number of ether oxygens (including phenoxy) is 1. The van der Waals surface area contributed by atoms with Crippen molar-refractivity contribution in [2.24, 2.45) is 0 Å². The van der Waals surface area contributed by atoms with Gasteiger partial charge in [-0.2, -0.15) is 13.2 Å². The molecule has 0 atom stereocenters. The number of hydrogen-bond donors (Lipinski definition) is 0. The van der Waals surface area contributed by atoms with Gasteiger partial charge in [0.1, 0.15) is 11.3 Å². The number of aromatic nitrogens is 1. The zero-order chi connectivity index (χ0) is 23.5. The molecule has 0 spiro atoms. The molecule has 0 aliphatic heterocycles. The van der Waals surface area contributed by atoms with E-state index in [2.05, 4.69) is 9.88 Å². The van der Waals surface area contributed by atoms with Gasteiger partial charge in [0.05, 0.1) is 22.4 Å². The van der Waals surface area contributed by atoms with E-state index in [4.69, 9.17) is 16.3 Å². The summed E-state index contributed by atoms with van der Waals surface area (Å²) in [6.45, 7) is 6.37. The van der Waals surface area contributed by atoms with Crippen LogP contribution in [0, 0.1) is 0 Å². The largest absolute Gasteiger partial charge is 0.494 e. The van der Waals surface area contributed by atoms with E-state index in [9.17, 15) is 18.0 Å². The maximum Gasteiger partial charge on any atom is 0.416 e. The predicted octanol–water partition coefficient (Wildman–Crippen LogP) is 5.97. The molecule has 1 aromatic heterocycles. The number of amides is 1. The van der Waals surface area contributed by atoms with Gasteiger partial charge in [-0.15, -0.1) is 0 Å². The lowest BCUT2D eigenvalue weighted by Crippen LogP contribution is -2.39. The molecule has 3 rings (SSSR count). The number of anilines is 1. The summed E-state index contributed by atoms with van der Waals surface area (Å²) in [4.78, 5) is 21.5. The van der Waals surface area contributed by atoms with Crippen LogP contribution in [0.25, 0.3) is 10.2 Å². The topological polar surface area (TPSA) is 45.7 Å². The third kappa shape index (κ3) is 5.16. The second-order valence-electron chi connectivity index (χ2n) is 6.99. The van der Waals surface area contributed by atoms with Gasteiger partial charge < -0.3 is 9.64 Å². The third-order valence-electron chi connectivity index (χ3n) is 5.11. The molecular formula is C22H23ClF3N3O2S. The maximum atomic E-state index is 13.4. The Kier molecular flexibility index (Phi) is 7.63. The number of alkyl halides is 3. The van der Waals surface area contributed by atoms with Gasteiger partial charge in [0.15, 0.2) is 5.13 Å². The molecule has 3 aromatic rings. The first-order valence-corrected chi connectivity index (χ1v) is 11.2. The number of fused-ring (bicyclic) bond motifs is 1. The molecule has 0 unspecified atom stereocenters. The number of halogens is 4. The van der Waals surface area contributed by atoms with E-state index in [0.29, 0.717) is 32.7 Å². The second kappa shape index (κ2) is 10.1. The Bertz CT molecular complexity index is 1100. The number of nitrogens with zero attached hydrogens (tertiary/aromatic N) is 3. The first-order chi connectivity index (χ1) is 15.2. The summed E-state index contributed by atoms with van der Waals surface area (Å²) in [5, 5.41) is 0.806. The molecule has 0 radical (unpaired) electrons. The van der Waals surface area contributed by atoms with Gasteiger partial charge in [-0.3, -0.25) is 9.69 Å². The number of methoxy groups -OCH3 is 1. The highest BCUT2D eigenvalue weighted by Crippen LogP contribution is 2.39. The summed E-state index contributed by atoms with van der Waals surface area (Å²) < 4.78 is 45.6. The van der Waals surface area contributed by atoms with Crippen molar-refractivity contribution in [3.05, 3.63) is 52.5 Å². The molecule has 0 fully saturated rings. The molecule has 172 valence electrons. The Labute approximate surface area is 193 Å². The highest BCUT2D eigenvalue weighted by atomic mass is 35.5. The van der Waals surface area contributed by atoms with E-state index < -0.39 is 17.6 Å². The zero-order valence-corrected chi connectivity index (χ0v) is 19.4. The minimum Gasteiger partial charge on any atom is -0.494 e. The Morgan fingerprint density at radius 1 is 1.16 bits per heavy atom. The molecule has 0 N–H and O–H groups in total. The normalized spacial score (nSPS) is 11.9. The lowest BCUT2D eigenvalue weighted by Gasteiger charge is -2.25. The molecule has 0 aliphatic carbocycles. The van der Waals surface area contributed by atoms with E-state index in [1.54, 1.807) is 12.1 Å². The summed E-state index contributed by atoms with van der Waals surface area (Å²) >= 11 is 7.52. The second-order valence-corrected chi connectivity index (χ2v) is 8.37. The van der Waals surface area contributed by atoms with Crippen LogP contribution in [-0.2, 0) is 6.18 Å². The lowest BCUT2D eigenvalue weighted by atomic mass is 10.1. The van der Waals surface area contributed by atoms with Crippen LogP contribution in [0.4, 0.5) is 18.3 Å². The van der Waals surface area contributed by atoms with Gasteiger partial charge in [-0.1, -0.05) is 42.9 Å². The zero-order valence-electron chi connectivity index (χ0n) is 17.9. The highest BCUT2D eigenvalue weighted by Gasteiger charge is 2.32. The SMILES string of the molecule is CCN(CC)CCN(C(=O)c1cccc(C(F)(F)F)c1)c1nc2c(OC)ccc(Cl)c2s1. The van der Waals surface area contributed by atoms with Crippen molar-refractivity contribution in [2.45, 2.75) is 20.0 Å². The third-order valence-corrected chi connectivity index (χ3v) is 6.65. The minimum atomic E-state index is -4.54. The molecule has 0 saturated carbocycles. The number of thiazole rings is 1. The van der Waals surface area contributed by atoms with Gasteiger partial charge in [0.2, 0.25) is 0 Å². The summed E-state index contributed by atoms with van der Waals surface area (Å²) in [5.41, 5.74) is -0.428. The fraction of sp³-hybridized carbons (Fsp3) is 0.364. The number of carbonyl (C=O) groups excluding carboxylic acids is 1. The van der Waals surface area contributed by atoms with Gasteiger partial charge in [-0.25, -0.2) is 4.98 Å². The minimum absolute atomic E-state index is 0.0586. The predicted molar refractivity (Wildman–Crippen MR) is 122 cm³/mol. The number of rotatable bonds is 8. The van der Waals surface area contributed by atoms with Crippen LogP contribution in [0.3, 0.4) is 0 Å². The van der Waals surface area contributed by atoms with Crippen LogP contribution in [0.1, 0.15) is 29.8 Å². The Morgan fingerprint density at radius 3 is 2.50 bits per heavy atom. The molecule has 0 bridgehead atoms. The molecule has 2 aromatic carbocycles. The van der Waals surface area contributed by atoms with E-state index in [1.165, 1.54) is 35.5 Å². The fourth-order valence-electron chi connectivity index (χ4n) is 3.27. The van der Waals surface area contributed by atoms with Gasteiger partial charge in [0.25, 0.3) is 5.91 Å². The molecule has 10 heteroatoms. The maximum absolute atomic E-state index is 13.4. The van der Waals surface area contributed by atoms with Crippen molar-refractivity contribution in [2.75, 3.05) is 38.2 Å². The monoisotopic (exact) mass is 485 g/mol. The summed E-state index contributed by atoms with van der Waals surface area (Å²) in [6, 6.07) is 7.79. The van der Waals surface area contributed by atoms with Crippen LogP contribution < -0.4 is 9.64 Å². The van der Waals surface area contributed by atoms with Crippen molar-refractivity contribution in [3.8, 4) is 5.75 Å². The van der Waals surface area contributed by atoms with Crippen LogP contribution in [-0.4, -0.2) is 49.1 Å². The molecule has 5 nitrogen and oxygen atoms in total. The first-order valence-electron chi connectivity index (χ1n) is 10.0. The quantitative estimate of drug-likeness (QED) is 0.394. The van der Waals surface area contributed by atoms with Crippen LogP contribution in [0.2, 0.25) is 5.02 Å². The molecule has 1 heterocycles. The number of hydrogen-bond acceptors (Lipinski definition) is 5. The molecule has 0 aliphatic rings. The average Bonchev–Trinajstić information content (AvgIpc) is 3.22. The van der Waals surface area contributed by atoms with Gasteiger partial charge >= 0.3 is 6.18 Å². The van der Waals surface area contributed by atoms with E-state index in [0.717, 1.165) is 25.2 Å². The summed E-state index contributed by atoms with van der Waals surface area (Å²) in [6.07, 6.45) is -4.54. The smallest absolute Gasteiger partial charge is 0.416 e. The summed E-state index contributed by atoms with van der Waals surface area (Å²) in [7, 11) is 1.51. The average molecular weight is 486 g/mol. The van der Waals surface area contributed by atoms with Crippen molar-refractivity contribution >= 4 is 44.2 Å². The number of benzene rings is 2. The molecular weight excluding hydrogens is 463 g/mol. The van der Waals surface area contributed by atoms with E-state index in [-0.39, 0.29) is 12.1 Å². The van der Waals surface area contributed by atoms with E-state index >= 15 is 0 Å². The van der Waals surface area contributed by atoms with Gasteiger partial charge in [0, 0.05) is 18.7 Å². The number of carbonyl (C=O) groups is 1. The Hall–Kier alpha value is -2.36. The van der Waals surface area contributed by atoms with Crippen molar-refractivity contribution in [1.82, 2.24) is 9.88 Å². The van der Waals surface area contributed by atoms with Crippen molar-refractivity contribution < 1.29 is 22.7 Å². The van der Waals surface area contributed by atoms with Crippen LogP contribution >= 0.6 is 22.9 Å². The van der Waals surface area contributed by atoms with Crippen molar-refractivity contribution in [1.29, 1.82) is 0 Å². The fourth-order valence-corrected chi connectivity index (χ4v) is 4.55. The van der Waals surface area contributed by atoms with Gasteiger partial charge in [-0.05, 0) is 43.4 Å². The highest BCUT2D eigenvalue weighted by molar-refractivity contribution is 7.23. The Morgan fingerprint density at radius 2 is 1.88 bits per heavy atom. The molecule has 1 amide bonds. The van der Waals surface area contributed by atoms with Crippen LogP contribution in [0.5, 0.6) is 5.75 Å². The van der Waals surface area contributed by atoms with E-state index in [1.807, 2.05) is 13.8 Å². The lowest BCUT2D eigenvalue weighted by molar-refractivity contribution is -0.137. The van der Waals surface area contributed by atoms with Crippen LogP contribution in [0.15, 0.2) is 36.4 Å². The molecule has 32 heavy (non-hydrogen) atoms. The molecule has 0 saturated heterocycles. The van der Waals surface area contributed by atoms with Crippen molar-refractivity contribution in [3.63, 3.8) is 0 Å². The number of likely N-dealkylation sites (N-methyl/N-ethyl adjacent to an activating group) is 1. The first kappa shape index (κ1) is 24.3. The Balaban J connectivity index is 2.05. The summed E-state index contributed by atoms with van der Waals surface area (Å²) in [5.74, 6) is -0.0560. The standard InChI is InChI=1S/C22H23ClF3N3O2S/c1-4-28(5-2)11-12-29(20(30)14-7-6-8-15(13-14)22(24,25)26)21-27-18-17(31-3)10-9-16(23)19(18)32-21/h6-10,13H,4-5,11-12H2,1-3H3.